The number of aromatic nitrogens is 1. The van der Waals surface area contributed by atoms with Gasteiger partial charge >= 0.3 is 0 Å². The standard InChI is InChI=1S/C16H27N3/c1-2-19(14-16-10-6-7-11-17-16)13-12-18-15-8-4-3-5-9-15/h6-7,10-11,15,18H,2-5,8-9,12-14H2,1H3. The van der Waals surface area contributed by atoms with Crippen LogP contribution >= 0.6 is 0 Å². The van der Waals surface area contributed by atoms with Crippen LogP contribution in [0.3, 0.4) is 0 Å². The number of nitrogens with zero attached hydrogens (tertiary/aromatic N) is 2. The lowest BCUT2D eigenvalue weighted by Gasteiger charge is -2.25. The smallest absolute Gasteiger partial charge is 0.0543 e. The highest BCUT2D eigenvalue weighted by atomic mass is 15.1. The van der Waals surface area contributed by atoms with Crippen LogP contribution in [0.4, 0.5) is 0 Å². The van der Waals surface area contributed by atoms with Crippen LogP contribution in [0.5, 0.6) is 0 Å². The molecule has 1 N–H and O–H groups in total. The Hall–Kier alpha value is -0.930. The molecule has 3 nitrogen and oxygen atoms in total. The SMILES string of the molecule is CCN(CCNC1CCCCC1)Cc1ccccn1. The molecule has 1 saturated carbocycles. The normalized spacial score (nSPS) is 16.9. The van der Waals surface area contributed by atoms with E-state index in [1.165, 1.54) is 37.8 Å². The van der Waals surface area contributed by atoms with Crippen LogP contribution in [0.25, 0.3) is 0 Å². The fourth-order valence-corrected chi connectivity index (χ4v) is 2.80. The summed E-state index contributed by atoms with van der Waals surface area (Å²) >= 11 is 0. The first-order valence-electron chi connectivity index (χ1n) is 7.74. The van der Waals surface area contributed by atoms with Crippen LogP contribution in [-0.2, 0) is 6.54 Å². The van der Waals surface area contributed by atoms with Gasteiger partial charge in [0.25, 0.3) is 0 Å². The van der Waals surface area contributed by atoms with Crippen LogP contribution < -0.4 is 5.32 Å². The Bertz CT molecular complexity index is 333. The van der Waals surface area contributed by atoms with Crippen molar-refractivity contribution in [3.63, 3.8) is 0 Å². The van der Waals surface area contributed by atoms with Gasteiger partial charge in [-0.15, -0.1) is 0 Å². The van der Waals surface area contributed by atoms with Gasteiger partial charge in [0.1, 0.15) is 0 Å². The van der Waals surface area contributed by atoms with Gasteiger partial charge < -0.3 is 5.32 Å². The third-order valence-corrected chi connectivity index (χ3v) is 4.03. The number of likely N-dealkylation sites (N-methyl/N-ethyl adjacent to an activating group) is 1. The van der Waals surface area contributed by atoms with E-state index in [1.807, 2.05) is 12.3 Å². The maximum Gasteiger partial charge on any atom is 0.0543 e. The van der Waals surface area contributed by atoms with Crippen LogP contribution in [0.2, 0.25) is 0 Å². The first-order chi connectivity index (χ1) is 9.38. The zero-order valence-corrected chi connectivity index (χ0v) is 12.1. The number of pyridine rings is 1. The topological polar surface area (TPSA) is 28.2 Å². The number of hydrogen-bond acceptors (Lipinski definition) is 3. The van der Waals surface area contributed by atoms with Gasteiger partial charge in [-0.3, -0.25) is 9.88 Å². The molecule has 0 aromatic carbocycles. The third-order valence-electron chi connectivity index (χ3n) is 4.03. The Labute approximate surface area is 117 Å². The van der Waals surface area contributed by atoms with E-state index in [1.54, 1.807) is 0 Å². The van der Waals surface area contributed by atoms with E-state index in [0.717, 1.165) is 32.2 Å². The molecule has 0 atom stereocenters. The average Bonchev–Trinajstić information content (AvgIpc) is 2.48. The predicted octanol–water partition coefficient (Wildman–Crippen LogP) is 2.83. The maximum absolute atomic E-state index is 4.40. The van der Waals surface area contributed by atoms with Gasteiger partial charge in [0.15, 0.2) is 0 Å². The minimum atomic E-state index is 0.766. The second-order valence-electron chi connectivity index (χ2n) is 5.48. The Kier molecular flexibility index (Phi) is 6.31. The fourth-order valence-electron chi connectivity index (χ4n) is 2.80. The Morgan fingerprint density at radius 3 is 2.79 bits per heavy atom. The van der Waals surface area contributed by atoms with Crippen molar-refractivity contribution in [1.29, 1.82) is 0 Å². The van der Waals surface area contributed by atoms with Gasteiger partial charge in [0.05, 0.1) is 5.69 Å². The second kappa shape index (κ2) is 8.28. The van der Waals surface area contributed by atoms with E-state index in [4.69, 9.17) is 0 Å². The highest BCUT2D eigenvalue weighted by molar-refractivity contribution is 5.03. The van der Waals surface area contributed by atoms with Gasteiger partial charge in [-0.25, -0.2) is 0 Å². The van der Waals surface area contributed by atoms with Crippen molar-refractivity contribution >= 4 is 0 Å². The zero-order chi connectivity index (χ0) is 13.3. The molecule has 3 heteroatoms. The van der Waals surface area contributed by atoms with Crippen LogP contribution in [0, 0.1) is 0 Å². The lowest BCUT2D eigenvalue weighted by Crippen LogP contribution is -2.38. The van der Waals surface area contributed by atoms with Crippen molar-refractivity contribution in [1.82, 2.24) is 15.2 Å². The lowest BCUT2D eigenvalue weighted by atomic mass is 9.95. The molecule has 1 aliphatic rings. The van der Waals surface area contributed by atoms with Crippen molar-refractivity contribution in [3.05, 3.63) is 30.1 Å². The van der Waals surface area contributed by atoms with Gasteiger partial charge in [-0.2, -0.15) is 0 Å². The summed E-state index contributed by atoms with van der Waals surface area (Å²) in [6, 6.07) is 6.92. The molecule has 0 unspecified atom stereocenters. The molecule has 0 amide bonds. The summed E-state index contributed by atoms with van der Waals surface area (Å²) < 4.78 is 0. The molecule has 19 heavy (non-hydrogen) atoms. The summed E-state index contributed by atoms with van der Waals surface area (Å²) in [5.74, 6) is 0. The van der Waals surface area contributed by atoms with Gasteiger partial charge in [0.2, 0.25) is 0 Å². The molecule has 0 bridgehead atoms. The minimum absolute atomic E-state index is 0.766. The van der Waals surface area contributed by atoms with Crippen LogP contribution in [-0.4, -0.2) is 35.6 Å². The molecular weight excluding hydrogens is 234 g/mol. The van der Waals surface area contributed by atoms with Crippen molar-refractivity contribution in [2.45, 2.75) is 51.6 Å². The van der Waals surface area contributed by atoms with E-state index < -0.39 is 0 Å². The van der Waals surface area contributed by atoms with Crippen molar-refractivity contribution in [2.24, 2.45) is 0 Å². The van der Waals surface area contributed by atoms with E-state index in [-0.39, 0.29) is 0 Å². The highest BCUT2D eigenvalue weighted by Crippen LogP contribution is 2.17. The minimum Gasteiger partial charge on any atom is -0.313 e. The Morgan fingerprint density at radius 2 is 2.11 bits per heavy atom. The van der Waals surface area contributed by atoms with Crippen LogP contribution in [0.15, 0.2) is 24.4 Å². The summed E-state index contributed by atoms with van der Waals surface area (Å²) in [4.78, 5) is 6.86. The molecular formula is C16H27N3. The third kappa shape index (κ3) is 5.29. The van der Waals surface area contributed by atoms with Gasteiger partial charge in [0, 0.05) is 31.9 Å². The number of rotatable bonds is 7. The number of nitrogens with one attached hydrogen (secondary N) is 1. The van der Waals surface area contributed by atoms with Crippen molar-refractivity contribution in [2.75, 3.05) is 19.6 Å². The quantitative estimate of drug-likeness (QED) is 0.818. The molecule has 1 heterocycles. The molecule has 0 saturated heterocycles. The fraction of sp³-hybridized carbons (Fsp3) is 0.688. The molecule has 0 spiro atoms. The second-order valence-corrected chi connectivity index (χ2v) is 5.48. The molecule has 1 aromatic rings. The molecule has 1 fully saturated rings. The molecule has 0 aliphatic heterocycles. The summed E-state index contributed by atoms with van der Waals surface area (Å²) in [6.07, 6.45) is 8.85. The molecule has 1 aliphatic carbocycles. The molecule has 1 aromatic heterocycles. The van der Waals surface area contributed by atoms with E-state index in [0.29, 0.717) is 0 Å². The van der Waals surface area contributed by atoms with E-state index in [9.17, 15) is 0 Å². The zero-order valence-electron chi connectivity index (χ0n) is 12.1. The first-order valence-corrected chi connectivity index (χ1v) is 7.74. The van der Waals surface area contributed by atoms with Gasteiger partial charge in [-0.05, 0) is 31.5 Å². The average molecular weight is 261 g/mol. The monoisotopic (exact) mass is 261 g/mol. The molecule has 106 valence electrons. The first kappa shape index (κ1) is 14.5. The predicted molar refractivity (Wildman–Crippen MR) is 80.1 cm³/mol. The summed E-state index contributed by atoms with van der Waals surface area (Å²) in [5, 5.41) is 3.71. The Balaban J connectivity index is 1.67. The molecule has 2 rings (SSSR count). The highest BCUT2D eigenvalue weighted by Gasteiger charge is 2.12. The summed E-state index contributed by atoms with van der Waals surface area (Å²) in [7, 11) is 0. The van der Waals surface area contributed by atoms with Crippen molar-refractivity contribution in [3.8, 4) is 0 Å². The number of hydrogen-bond donors (Lipinski definition) is 1. The lowest BCUT2D eigenvalue weighted by molar-refractivity contribution is 0.263. The van der Waals surface area contributed by atoms with Crippen LogP contribution in [0.1, 0.15) is 44.7 Å². The summed E-state index contributed by atoms with van der Waals surface area (Å²) in [5.41, 5.74) is 1.17. The van der Waals surface area contributed by atoms with Crippen molar-refractivity contribution < 1.29 is 0 Å². The molecule has 0 radical (unpaired) electrons. The largest absolute Gasteiger partial charge is 0.313 e. The van der Waals surface area contributed by atoms with E-state index in [2.05, 4.69) is 34.3 Å². The van der Waals surface area contributed by atoms with Gasteiger partial charge in [-0.1, -0.05) is 32.3 Å². The summed E-state index contributed by atoms with van der Waals surface area (Å²) in [6.45, 7) is 6.49. The van der Waals surface area contributed by atoms with E-state index >= 15 is 0 Å². The Morgan fingerprint density at radius 1 is 1.26 bits per heavy atom. The maximum atomic E-state index is 4.40.